The first-order valence-electron chi connectivity index (χ1n) is 6.41. The van der Waals surface area contributed by atoms with E-state index in [2.05, 4.69) is 15.1 Å². The van der Waals surface area contributed by atoms with E-state index in [4.69, 9.17) is 5.73 Å². The van der Waals surface area contributed by atoms with Gasteiger partial charge in [0.2, 0.25) is 0 Å². The van der Waals surface area contributed by atoms with E-state index >= 15 is 0 Å². The molecule has 2 aromatic heterocycles. The van der Waals surface area contributed by atoms with Crippen LogP contribution in [0.1, 0.15) is 43.3 Å². The number of nitrogen functional groups attached to an aromatic ring is 1. The van der Waals surface area contributed by atoms with Gasteiger partial charge in [0, 0.05) is 12.1 Å². The van der Waals surface area contributed by atoms with Gasteiger partial charge in [-0.1, -0.05) is 0 Å². The summed E-state index contributed by atoms with van der Waals surface area (Å²) in [6.07, 6.45) is 5.46. The molecule has 2 fully saturated rings. The molecule has 94 valence electrons. The molecule has 0 amide bonds. The Bertz CT molecular complexity index is 612. The monoisotopic (exact) mass is 245 g/mol. The quantitative estimate of drug-likeness (QED) is 0.823. The molecule has 2 saturated carbocycles. The molecule has 0 radical (unpaired) electrons. The first-order valence-corrected chi connectivity index (χ1v) is 6.41. The zero-order valence-electron chi connectivity index (χ0n) is 9.95. The van der Waals surface area contributed by atoms with Crippen molar-refractivity contribution >= 4 is 17.0 Å². The van der Waals surface area contributed by atoms with E-state index in [1.165, 1.54) is 12.8 Å². The number of nitrogens with two attached hydrogens (primary N) is 1. The molecule has 6 heteroatoms. The molecule has 0 aromatic carbocycles. The summed E-state index contributed by atoms with van der Waals surface area (Å²) in [5.74, 6) is 1.000. The van der Waals surface area contributed by atoms with E-state index < -0.39 is 0 Å². The summed E-state index contributed by atoms with van der Waals surface area (Å²) in [5.41, 5.74) is 8.37. The van der Waals surface area contributed by atoms with Crippen molar-refractivity contribution in [1.82, 2.24) is 19.7 Å². The molecule has 0 spiro atoms. The van der Waals surface area contributed by atoms with E-state index in [1.54, 1.807) is 0 Å². The number of hydrogen-bond acceptors (Lipinski definition) is 5. The number of aliphatic hydroxyl groups is 1. The van der Waals surface area contributed by atoms with Crippen LogP contribution in [0.25, 0.3) is 11.2 Å². The van der Waals surface area contributed by atoms with Gasteiger partial charge in [0.25, 0.3) is 0 Å². The summed E-state index contributed by atoms with van der Waals surface area (Å²) in [5, 5.41) is 13.7. The summed E-state index contributed by atoms with van der Waals surface area (Å²) in [4.78, 5) is 9.05. The van der Waals surface area contributed by atoms with Gasteiger partial charge in [-0.2, -0.15) is 5.10 Å². The van der Waals surface area contributed by atoms with Gasteiger partial charge in [0.1, 0.15) is 0 Å². The van der Waals surface area contributed by atoms with Crippen molar-refractivity contribution in [2.75, 3.05) is 5.73 Å². The maximum Gasteiger partial charge on any atom is 0.179 e. The van der Waals surface area contributed by atoms with E-state index in [0.29, 0.717) is 17.3 Å². The topological polar surface area (TPSA) is 89.8 Å². The molecule has 18 heavy (non-hydrogen) atoms. The molecular weight excluding hydrogens is 230 g/mol. The summed E-state index contributed by atoms with van der Waals surface area (Å²) >= 11 is 0. The Hall–Kier alpha value is -1.69. The standard InChI is InChI=1S/C12H15N5O/c13-11-10-12(15-9(5-14-10)6-1-2-6)17(16-11)7-3-8(18)4-7/h5-8,18H,1-4H2,(H2,13,16)/t7-,8+. The Balaban J connectivity index is 1.83. The lowest BCUT2D eigenvalue weighted by atomic mass is 9.90. The van der Waals surface area contributed by atoms with Crippen LogP contribution in [0.4, 0.5) is 5.82 Å². The van der Waals surface area contributed by atoms with Crippen molar-refractivity contribution in [3.05, 3.63) is 11.9 Å². The lowest BCUT2D eigenvalue weighted by molar-refractivity contribution is 0.0452. The zero-order chi connectivity index (χ0) is 12.3. The SMILES string of the molecule is Nc1nn([C@H]2C[C@@H](O)C2)c2nc(C3CC3)cnc12. The molecule has 2 aliphatic carbocycles. The van der Waals surface area contributed by atoms with Crippen LogP contribution in [0.15, 0.2) is 6.20 Å². The van der Waals surface area contributed by atoms with Crippen molar-refractivity contribution < 1.29 is 5.11 Å². The number of rotatable bonds is 2. The third-order valence-corrected chi connectivity index (χ3v) is 3.88. The fraction of sp³-hybridized carbons (Fsp3) is 0.583. The first kappa shape index (κ1) is 10.3. The fourth-order valence-corrected chi connectivity index (χ4v) is 2.53. The van der Waals surface area contributed by atoms with Crippen molar-refractivity contribution in [3.63, 3.8) is 0 Å². The third kappa shape index (κ3) is 1.42. The van der Waals surface area contributed by atoms with Crippen LogP contribution in [0.2, 0.25) is 0 Å². The average molecular weight is 245 g/mol. The molecule has 4 rings (SSSR count). The van der Waals surface area contributed by atoms with Gasteiger partial charge in [0.05, 0.1) is 17.8 Å². The predicted octanol–water partition coefficient (Wildman–Crippen LogP) is 0.982. The lowest BCUT2D eigenvalue weighted by Crippen LogP contribution is -2.31. The average Bonchev–Trinajstić information content (AvgIpc) is 3.12. The van der Waals surface area contributed by atoms with Gasteiger partial charge in [0.15, 0.2) is 17.0 Å². The maximum absolute atomic E-state index is 9.40. The zero-order valence-corrected chi connectivity index (χ0v) is 9.95. The van der Waals surface area contributed by atoms with E-state index in [9.17, 15) is 5.11 Å². The van der Waals surface area contributed by atoms with E-state index in [1.807, 2.05) is 10.9 Å². The molecule has 0 unspecified atom stereocenters. The van der Waals surface area contributed by atoms with E-state index in [0.717, 1.165) is 24.2 Å². The second-order valence-electron chi connectivity index (χ2n) is 5.35. The molecular formula is C12H15N5O. The molecule has 0 atom stereocenters. The summed E-state index contributed by atoms with van der Waals surface area (Å²) in [7, 11) is 0. The molecule has 2 aromatic rings. The highest BCUT2D eigenvalue weighted by Crippen LogP contribution is 2.40. The van der Waals surface area contributed by atoms with Crippen LogP contribution in [-0.4, -0.2) is 31.0 Å². The second kappa shape index (κ2) is 3.41. The number of aromatic nitrogens is 4. The molecule has 6 nitrogen and oxygen atoms in total. The lowest BCUT2D eigenvalue weighted by Gasteiger charge is -2.31. The number of anilines is 1. The molecule has 2 heterocycles. The Morgan fingerprint density at radius 3 is 2.78 bits per heavy atom. The molecule has 0 aliphatic heterocycles. The normalized spacial score (nSPS) is 27.4. The Labute approximate surface area is 104 Å². The minimum absolute atomic E-state index is 0.212. The van der Waals surface area contributed by atoms with Gasteiger partial charge < -0.3 is 10.8 Å². The Kier molecular flexibility index (Phi) is 1.94. The fourth-order valence-electron chi connectivity index (χ4n) is 2.53. The highest BCUT2D eigenvalue weighted by Gasteiger charge is 2.32. The smallest absolute Gasteiger partial charge is 0.179 e. The third-order valence-electron chi connectivity index (χ3n) is 3.88. The van der Waals surface area contributed by atoms with Crippen LogP contribution in [0.5, 0.6) is 0 Å². The van der Waals surface area contributed by atoms with Crippen LogP contribution in [-0.2, 0) is 0 Å². The van der Waals surface area contributed by atoms with E-state index in [-0.39, 0.29) is 12.1 Å². The molecule has 0 bridgehead atoms. The largest absolute Gasteiger partial charge is 0.393 e. The van der Waals surface area contributed by atoms with Crippen molar-refractivity contribution in [3.8, 4) is 0 Å². The minimum atomic E-state index is -0.213. The van der Waals surface area contributed by atoms with Crippen LogP contribution < -0.4 is 5.73 Å². The Morgan fingerprint density at radius 1 is 1.33 bits per heavy atom. The van der Waals surface area contributed by atoms with Crippen LogP contribution in [0.3, 0.4) is 0 Å². The highest BCUT2D eigenvalue weighted by molar-refractivity contribution is 5.82. The van der Waals surface area contributed by atoms with Crippen molar-refractivity contribution in [1.29, 1.82) is 0 Å². The number of nitrogens with zero attached hydrogens (tertiary/aromatic N) is 4. The van der Waals surface area contributed by atoms with Gasteiger partial charge in [-0.15, -0.1) is 0 Å². The summed E-state index contributed by atoms with van der Waals surface area (Å²) < 4.78 is 1.84. The molecule has 3 N–H and O–H groups in total. The summed E-state index contributed by atoms with van der Waals surface area (Å²) in [6, 6.07) is 0.212. The predicted molar refractivity (Wildman–Crippen MR) is 66.0 cm³/mol. The molecule has 0 saturated heterocycles. The molecule has 2 aliphatic rings. The van der Waals surface area contributed by atoms with Crippen molar-refractivity contribution in [2.24, 2.45) is 0 Å². The summed E-state index contributed by atoms with van der Waals surface area (Å²) in [6.45, 7) is 0. The minimum Gasteiger partial charge on any atom is -0.393 e. The first-order chi connectivity index (χ1) is 8.72. The highest BCUT2D eigenvalue weighted by atomic mass is 16.3. The van der Waals surface area contributed by atoms with Crippen LogP contribution >= 0.6 is 0 Å². The number of aliphatic hydroxyl groups excluding tert-OH is 1. The Morgan fingerprint density at radius 2 is 2.11 bits per heavy atom. The second-order valence-corrected chi connectivity index (χ2v) is 5.35. The van der Waals surface area contributed by atoms with Gasteiger partial charge in [-0.3, -0.25) is 0 Å². The van der Waals surface area contributed by atoms with Gasteiger partial charge in [-0.05, 0) is 25.7 Å². The number of fused-ring (bicyclic) bond motifs is 1. The van der Waals surface area contributed by atoms with Gasteiger partial charge >= 0.3 is 0 Å². The number of hydrogen-bond donors (Lipinski definition) is 2. The van der Waals surface area contributed by atoms with Crippen molar-refractivity contribution in [2.45, 2.75) is 43.7 Å². The maximum atomic E-state index is 9.40. The van der Waals surface area contributed by atoms with Crippen LogP contribution in [0, 0.1) is 0 Å². The van der Waals surface area contributed by atoms with Gasteiger partial charge in [-0.25, -0.2) is 14.6 Å².